The summed E-state index contributed by atoms with van der Waals surface area (Å²) in [5, 5.41) is 14.3. The van der Waals surface area contributed by atoms with E-state index in [0.29, 0.717) is 30.9 Å². The Bertz CT molecular complexity index is 586. The topological polar surface area (TPSA) is 98.7 Å². The number of aryl methyl sites for hydroxylation is 1. The van der Waals surface area contributed by atoms with Gasteiger partial charge in [0.15, 0.2) is 0 Å². The fourth-order valence-electron chi connectivity index (χ4n) is 2.10. The number of hydrogen-bond donors (Lipinski definition) is 3. The van der Waals surface area contributed by atoms with Gasteiger partial charge in [0.05, 0.1) is 5.56 Å². The number of rotatable bonds is 2. The molecule has 112 valence electrons. The Kier molecular flexibility index (Phi) is 4.42. The van der Waals surface area contributed by atoms with E-state index in [1.54, 1.807) is 17.9 Å². The molecule has 7 heteroatoms. The highest BCUT2D eigenvalue weighted by atomic mass is 16.4. The molecule has 0 unspecified atom stereocenters. The van der Waals surface area contributed by atoms with Gasteiger partial charge in [-0.05, 0) is 30.7 Å². The Hall–Kier alpha value is -2.57. The third-order valence-electron chi connectivity index (χ3n) is 3.31. The van der Waals surface area contributed by atoms with Gasteiger partial charge in [-0.25, -0.2) is 9.59 Å². The van der Waals surface area contributed by atoms with E-state index in [1.807, 2.05) is 0 Å². The maximum Gasteiger partial charge on any atom is 0.335 e. The van der Waals surface area contributed by atoms with Gasteiger partial charge in [0.1, 0.15) is 0 Å². The predicted octanol–water partition coefficient (Wildman–Crippen LogP) is 1.05. The van der Waals surface area contributed by atoms with Crippen LogP contribution in [0.25, 0.3) is 0 Å². The molecule has 1 heterocycles. The van der Waals surface area contributed by atoms with Crippen molar-refractivity contribution < 1.29 is 19.5 Å². The Morgan fingerprint density at radius 2 is 2.10 bits per heavy atom. The van der Waals surface area contributed by atoms with E-state index in [2.05, 4.69) is 10.6 Å². The Labute approximate surface area is 121 Å². The number of hydrogen-bond acceptors (Lipinski definition) is 3. The maximum atomic E-state index is 12.2. The first-order valence-electron chi connectivity index (χ1n) is 6.64. The van der Waals surface area contributed by atoms with Crippen LogP contribution in [-0.4, -0.2) is 47.5 Å². The van der Waals surface area contributed by atoms with Gasteiger partial charge in [-0.3, -0.25) is 4.79 Å². The van der Waals surface area contributed by atoms with E-state index in [4.69, 9.17) is 5.11 Å². The Morgan fingerprint density at radius 1 is 1.33 bits per heavy atom. The molecule has 0 aliphatic carbocycles. The van der Waals surface area contributed by atoms with Crippen molar-refractivity contribution in [2.45, 2.75) is 13.3 Å². The molecule has 1 aliphatic heterocycles. The summed E-state index contributed by atoms with van der Waals surface area (Å²) in [4.78, 5) is 35.8. The molecular weight excluding hydrogens is 274 g/mol. The number of benzene rings is 1. The number of amides is 3. The summed E-state index contributed by atoms with van der Waals surface area (Å²) in [5.74, 6) is -1.07. The summed E-state index contributed by atoms with van der Waals surface area (Å²) >= 11 is 0. The second kappa shape index (κ2) is 6.25. The average Bonchev–Trinajstić information content (AvgIpc) is 2.65. The first-order chi connectivity index (χ1) is 9.97. The van der Waals surface area contributed by atoms with Gasteiger partial charge in [0.2, 0.25) is 5.91 Å². The molecule has 0 bridgehead atoms. The molecular formula is C14H17N3O4. The van der Waals surface area contributed by atoms with Gasteiger partial charge >= 0.3 is 12.0 Å². The van der Waals surface area contributed by atoms with Crippen molar-refractivity contribution in [3.63, 3.8) is 0 Å². The quantitative estimate of drug-likeness (QED) is 0.758. The normalized spacial score (nSPS) is 15.1. The summed E-state index contributed by atoms with van der Waals surface area (Å²) in [7, 11) is 0. The number of carboxylic acid groups (broad SMARTS) is 1. The minimum absolute atomic E-state index is 0.0627. The summed E-state index contributed by atoms with van der Waals surface area (Å²) < 4.78 is 0. The lowest BCUT2D eigenvalue weighted by Gasteiger charge is -2.20. The first kappa shape index (κ1) is 14.8. The largest absolute Gasteiger partial charge is 0.478 e. The molecule has 0 spiro atoms. The van der Waals surface area contributed by atoms with Crippen LogP contribution in [0.4, 0.5) is 10.5 Å². The highest BCUT2D eigenvalue weighted by Crippen LogP contribution is 2.17. The van der Waals surface area contributed by atoms with Gasteiger partial charge in [0, 0.05) is 31.7 Å². The molecule has 0 atom stereocenters. The SMILES string of the molecule is Cc1cc(C(=O)O)ccc1NC(=O)N1CCNC(=O)CC1. The zero-order chi connectivity index (χ0) is 15.4. The Morgan fingerprint density at radius 3 is 2.76 bits per heavy atom. The van der Waals surface area contributed by atoms with Gasteiger partial charge < -0.3 is 20.6 Å². The first-order valence-corrected chi connectivity index (χ1v) is 6.64. The van der Waals surface area contributed by atoms with Crippen molar-refractivity contribution in [2.75, 3.05) is 25.0 Å². The van der Waals surface area contributed by atoms with Crippen LogP contribution in [0.3, 0.4) is 0 Å². The number of carboxylic acids is 1. The fourth-order valence-corrected chi connectivity index (χ4v) is 2.10. The standard InChI is InChI=1S/C14H17N3O4/c1-9-8-10(13(19)20)2-3-11(9)16-14(21)17-6-4-12(18)15-5-7-17/h2-3,8H,4-7H2,1H3,(H,15,18)(H,16,21)(H,19,20). The molecule has 1 saturated heterocycles. The molecule has 0 radical (unpaired) electrons. The van der Waals surface area contributed by atoms with Gasteiger partial charge in [-0.15, -0.1) is 0 Å². The van der Waals surface area contributed by atoms with E-state index in [1.165, 1.54) is 12.1 Å². The van der Waals surface area contributed by atoms with Crippen LogP contribution in [0, 0.1) is 6.92 Å². The number of carbonyl (C=O) groups excluding carboxylic acids is 2. The highest BCUT2D eigenvalue weighted by Gasteiger charge is 2.19. The molecule has 1 aliphatic rings. The van der Waals surface area contributed by atoms with Crippen molar-refractivity contribution in [2.24, 2.45) is 0 Å². The molecule has 3 amide bonds. The van der Waals surface area contributed by atoms with Crippen LogP contribution in [0.1, 0.15) is 22.3 Å². The third-order valence-corrected chi connectivity index (χ3v) is 3.31. The second-order valence-electron chi connectivity index (χ2n) is 4.85. The lowest BCUT2D eigenvalue weighted by Crippen LogP contribution is -2.37. The second-order valence-corrected chi connectivity index (χ2v) is 4.85. The number of nitrogens with one attached hydrogen (secondary N) is 2. The molecule has 7 nitrogen and oxygen atoms in total. The zero-order valence-corrected chi connectivity index (χ0v) is 11.7. The van der Waals surface area contributed by atoms with Crippen molar-refractivity contribution >= 4 is 23.6 Å². The molecule has 0 aromatic heterocycles. The van der Waals surface area contributed by atoms with E-state index in [9.17, 15) is 14.4 Å². The van der Waals surface area contributed by atoms with Crippen LogP contribution in [0.15, 0.2) is 18.2 Å². The minimum atomic E-state index is -1.01. The maximum absolute atomic E-state index is 12.2. The summed E-state index contributed by atoms with van der Waals surface area (Å²) in [6.07, 6.45) is 0.282. The van der Waals surface area contributed by atoms with E-state index >= 15 is 0 Å². The fraction of sp³-hybridized carbons (Fsp3) is 0.357. The average molecular weight is 291 g/mol. The molecule has 1 fully saturated rings. The molecule has 1 aromatic carbocycles. The van der Waals surface area contributed by atoms with Crippen LogP contribution >= 0.6 is 0 Å². The van der Waals surface area contributed by atoms with Gasteiger partial charge in [-0.2, -0.15) is 0 Å². The van der Waals surface area contributed by atoms with Crippen molar-refractivity contribution in [3.8, 4) is 0 Å². The highest BCUT2D eigenvalue weighted by molar-refractivity contribution is 5.93. The minimum Gasteiger partial charge on any atom is -0.478 e. The number of urea groups is 1. The van der Waals surface area contributed by atoms with Crippen molar-refractivity contribution in [3.05, 3.63) is 29.3 Å². The smallest absolute Gasteiger partial charge is 0.335 e. The van der Waals surface area contributed by atoms with Crippen molar-refractivity contribution in [1.82, 2.24) is 10.2 Å². The van der Waals surface area contributed by atoms with Crippen LogP contribution < -0.4 is 10.6 Å². The summed E-state index contributed by atoms with van der Waals surface area (Å²) in [6.45, 7) is 2.98. The summed E-state index contributed by atoms with van der Waals surface area (Å²) in [6, 6.07) is 4.22. The Balaban J connectivity index is 2.05. The number of anilines is 1. The zero-order valence-electron chi connectivity index (χ0n) is 11.7. The van der Waals surface area contributed by atoms with Gasteiger partial charge in [0.25, 0.3) is 0 Å². The molecule has 1 aromatic rings. The van der Waals surface area contributed by atoms with Gasteiger partial charge in [-0.1, -0.05) is 0 Å². The number of nitrogens with zero attached hydrogens (tertiary/aromatic N) is 1. The predicted molar refractivity (Wildman–Crippen MR) is 76.4 cm³/mol. The van der Waals surface area contributed by atoms with Crippen LogP contribution in [-0.2, 0) is 4.79 Å². The van der Waals surface area contributed by atoms with Crippen LogP contribution in [0.5, 0.6) is 0 Å². The van der Waals surface area contributed by atoms with E-state index in [-0.39, 0.29) is 23.9 Å². The monoisotopic (exact) mass is 291 g/mol. The molecule has 2 rings (SSSR count). The summed E-state index contributed by atoms with van der Waals surface area (Å²) in [5.41, 5.74) is 1.41. The molecule has 3 N–H and O–H groups in total. The lowest BCUT2D eigenvalue weighted by atomic mass is 10.1. The molecule has 0 saturated carbocycles. The number of carbonyl (C=O) groups is 3. The van der Waals surface area contributed by atoms with Crippen LogP contribution in [0.2, 0.25) is 0 Å². The van der Waals surface area contributed by atoms with E-state index in [0.717, 1.165) is 0 Å². The third kappa shape index (κ3) is 3.71. The lowest BCUT2D eigenvalue weighted by molar-refractivity contribution is -0.120. The number of aromatic carboxylic acids is 1. The molecule has 21 heavy (non-hydrogen) atoms. The van der Waals surface area contributed by atoms with E-state index < -0.39 is 5.97 Å². The van der Waals surface area contributed by atoms with Crippen molar-refractivity contribution in [1.29, 1.82) is 0 Å².